The Hall–Kier alpha value is -3.52. The number of hydrogen-bond donors (Lipinski definition) is 0. The summed E-state index contributed by atoms with van der Waals surface area (Å²) in [6.07, 6.45) is 0.795. The maximum Gasteiger partial charge on any atom is 0.255 e. The number of nitrogens with zero attached hydrogens (tertiary/aromatic N) is 5. The number of hydrogen-bond acceptors (Lipinski definition) is 5. The molecule has 4 rings (SSSR count). The molecule has 2 aromatic carbocycles. The minimum absolute atomic E-state index is 0.0168. The second-order valence-electron chi connectivity index (χ2n) is 9.54. The number of carbonyl (C=O) groups is 2. The summed E-state index contributed by atoms with van der Waals surface area (Å²) in [5, 5.41) is 9.01. The van der Waals surface area contributed by atoms with Crippen molar-refractivity contribution in [2.75, 3.05) is 44.2 Å². The van der Waals surface area contributed by atoms with Gasteiger partial charge >= 0.3 is 0 Å². The highest BCUT2D eigenvalue weighted by molar-refractivity contribution is 6.33. The van der Waals surface area contributed by atoms with Crippen LogP contribution >= 0.6 is 11.6 Å². The van der Waals surface area contributed by atoms with E-state index in [1.54, 1.807) is 46.2 Å². The van der Waals surface area contributed by atoms with E-state index in [-0.39, 0.29) is 24.2 Å². The predicted octanol–water partition coefficient (Wildman–Crippen LogP) is 4.77. The van der Waals surface area contributed by atoms with Crippen LogP contribution in [0.4, 0.5) is 10.2 Å². The van der Waals surface area contributed by atoms with Crippen LogP contribution in [0.15, 0.2) is 60.7 Å². The highest BCUT2D eigenvalue weighted by atomic mass is 35.5. The summed E-state index contributed by atoms with van der Waals surface area (Å²) in [5.41, 5.74) is 1.87. The van der Waals surface area contributed by atoms with Crippen LogP contribution in [0.2, 0.25) is 5.02 Å². The summed E-state index contributed by atoms with van der Waals surface area (Å²) >= 11 is 6.26. The van der Waals surface area contributed by atoms with Crippen molar-refractivity contribution in [2.45, 2.75) is 20.3 Å². The summed E-state index contributed by atoms with van der Waals surface area (Å²) in [4.78, 5) is 31.9. The summed E-state index contributed by atoms with van der Waals surface area (Å²) in [6.45, 7) is 6.97. The fraction of sp³-hybridized carbons (Fsp3) is 0.357. The second-order valence-corrected chi connectivity index (χ2v) is 9.95. The molecule has 0 radical (unpaired) electrons. The zero-order valence-electron chi connectivity index (χ0n) is 21.1. The molecule has 7 nitrogen and oxygen atoms in total. The molecule has 0 unspecified atom stereocenters. The van der Waals surface area contributed by atoms with E-state index >= 15 is 0 Å². The van der Waals surface area contributed by atoms with Crippen LogP contribution in [-0.2, 0) is 4.79 Å². The van der Waals surface area contributed by atoms with Crippen LogP contribution < -0.4 is 4.90 Å². The van der Waals surface area contributed by atoms with Crippen molar-refractivity contribution in [3.8, 4) is 11.3 Å². The zero-order chi connectivity index (χ0) is 26.4. The number of anilines is 1. The predicted molar refractivity (Wildman–Crippen MR) is 143 cm³/mol. The van der Waals surface area contributed by atoms with Gasteiger partial charge in [-0.3, -0.25) is 9.59 Å². The van der Waals surface area contributed by atoms with E-state index in [4.69, 9.17) is 11.6 Å². The Morgan fingerprint density at radius 1 is 0.973 bits per heavy atom. The van der Waals surface area contributed by atoms with Crippen LogP contribution in [0.5, 0.6) is 0 Å². The smallest absolute Gasteiger partial charge is 0.255 e. The number of rotatable bonds is 8. The molecule has 37 heavy (non-hydrogen) atoms. The Kier molecular flexibility index (Phi) is 8.71. The van der Waals surface area contributed by atoms with Crippen molar-refractivity contribution in [2.24, 2.45) is 5.92 Å². The van der Waals surface area contributed by atoms with Crippen LogP contribution in [0.1, 0.15) is 30.6 Å². The van der Waals surface area contributed by atoms with E-state index in [2.05, 4.69) is 28.9 Å². The van der Waals surface area contributed by atoms with E-state index in [0.717, 1.165) is 17.8 Å². The van der Waals surface area contributed by atoms with Gasteiger partial charge in [-0.05, 0) is 60.9 Å². The quantitative estimate of drug-likeness (QED) is 0.425. The lowest BCUT2D eigenvalue weighted by Gasteiger charge is -2.36. The van der Waals surface area contributed by atoms with E-state index in [9.17, 15) is 14.0 Å². The molecule has 1 fully saturated rings. The number of amides is 2. The number of benzene rings is 2. The molecule has 2 amide bonds. The van der Waals surface area contributed by atoms with Crippen molar-refractivity contribution in [1.29, 1.82) is 0 Å². The van der Waals surface area contributed by atoms with Crippen molar-refractivity contribution in [1.82, 2.24) is 20.0 Å². The van der Waals surface area contributed by atoms with E-state index < -0.39 is 0 Å². The van der Waals surface area contributed by atoms with Gasteiger partial charge < -0.3 is 14.7 Å². The molecule has 1 aliphatic rings. The Bertz CT molecular complexity index is 1210. The average molecular weight is 524 g/mol. The third-order valence-corrected chi connectivity index (χ3v) is 6.77. The molecule has 0 atom stereocenters. The van der Waals surface area contributed by atoms with Crippen molar-refractivity contribution >= 4 is 29.2 Å². The number of aromatic nitrogens is 2. The number of carbonyl (C=O) groups excluding carboxylic acids is 2. The molecule has 194 valence electrons. The summed E-state index contributed by atoms with van der Waals surface area (Å²) < 4.78 is 13.2. The molecule has 1 saturated heterocycles. The molecular weight excluding hydrogens is 493 g/mol. The van der Waals surface area contributed by atoms with Gasteiger partial charge in [0.2, 0.25) is 5.91 Å². The van der Waals surface area contributed by atoms with Crippen molar-refractivity contribution in [3.05, 3.63) is 77.1 Å². The molecule has 0 saturated carbocycles. The van der Waals surface area contributed by atoms with Crippen LogP contribution in [0, 0.1) is 11.7 Å². The Labute approximate surface area is 221 Å². The van der Waals surface area contributed by atoms with Gasteiger partial charge in [-0.15, -0.1) is 10.2 Å². The molecular formula is C28H31ClFN5O2. The lowest BCUT2D eigenvalue weighted by molar-refractivity contribution is -0.132. The monoisotopic (exact) mass is 523 g/mol. The van der Waals surface area contributed by atoms with Gasteiger partial charge in [-0.1, -0.05) is 37.6 Å². The standard InChI is InChI=1S/C28H31ClFN5O2/c1-20(2)13-14-35(28(37)23-5-3-4-6-24(23)29)19-27(36)34-17-15-33(16-18-34)26-12-11-25(31-32-26)21-7-9-22(30)10-8-21/h3-12,20H,13-19H2,1-2H3. The Balaban J connectivity index is 1.36. The minimum Gasteiger partial charge on any atom is -0.352 e. The zero-order valence-corrected chi connectivity index (χ0v) is 21.9. The topological polar surface area (TPSA) is 69.6 Å². The first-order valence-corrected chi connectivity index (χ1v) is 12.9. The van der Waals surface area contributed by atoms with Gasteiger partial charge in [-0.25, -0.2) is 4.39 Å². The third-order valence-electron chi connectivity index (χ3n) is 6.44. The van der Waals surface area contributed by atoms with Gasteiger partial charge in [0.1, 0.15) is 12.4 Å². The van der Waals surface area contributed by atoms with Gasteiger partial charge in [0.25, 0.3) is 5.91 Å². The molecule has 9 heteroatoms. The fourth-order valence-electron chi connectivity index (χ4n) is 4.19. The molecule has 0 N–H and O–H groups in total. The third kappa shape index (κ3) is 6.83. The lowest BCUT2D eigenvalue weighted by atomic mass is 10.1. The average Bonchev–Trinajstić information content (AvgIpc) is 2.91. The first kappa shape index (κ1) is 26.5. The molecule has 0 bridgehead atoms. The van der Waals surface area contributed by atoms with Crippen molar-refractivity contribution in [3.63, 3.8) is 0 Å². The van der Waals surface area contributed by atoms with Gasteiger partial charge in [0.05, 0.1) is 16.3 Å². The highest BCUT2D eigenvalue weighted by Crippen LogP contribution is 2.21. The van der Waals surface area contributed by atoms with Crippen LogP contribution in [0.25, 0.3) is 11.3 Å². The molecule has 2 heterocycles. The van der Waals surface area contributed by atoms with E-state index in [0.29, 0.717) is 54.9 Å². The normalized spacial score (nSPS) is 13.6. The first-order chi connectivity index (χ1) is 17.8. The van der Waals surface area contributed by atoms with Crippen LogP contribution in [0.3, 0.4) is 0 Å². The van der Waals surface area contributed by atoms with Gasteiger partial charge in [0.15, 0.2) is 5.82 Å². The molecule has 1 aromatic heterocycles. The van der Waals surface area contributed by atoms with Crippen molar-refractivity contribution < 1.29 is 14.0 Å². The van der Waals surface area contributed by atoms with Gasteiger partial charge in [-0.2, -0.15) is 0 Å². The minimum atomic E-state index is -0.294. The first-order valence-electron chi connectivity index (χ1n) is 12.5. The molecule has 1 aliphatic heterocycles. The van der Waals surface area contributed by atoms with E-state index in [1.807, 2.05) is 12.1 Å². The summed E-state index contributed by atoms with van der Waals surface area (Å²) in [5.74, 6) is 0.523. The molecule has 3 aromatic rings. The fourth-order valence-corrected chi connectivity index (χ4v) is 4.40. The maximum atomic E-state index is 13.2. The Morgan fingerprint density at radius 3 is 2.30 bits per heavy atom. The summed E-state index contributed by atoms with van der Waals surface area (Å²) in [6, 6.07) is 16.8. The maximum absolute atomic E-state index is 13.2. The Morgan fingerprint density at radius 2 is 1.68 bits per heavy atom. The number of halogens is 2. The second kappa shape index (κ2) is 12.1. The molecule has 0 spiro atoms. The number of piperazine rings is 1. The largest absolute Gasteiger partial charge is 0.352 e. The van der Waals surface area contributed by atoms with E-state index in [1.165, 1.54) is 12.1 Å². The van der Waals surface area contributed by atoms with Crippen LogP contribution in [-0.4, -0.2) is 71.1 Å². The molecule has 0 aliphatic carbocycles. The lowest BCUT2D eigenvalue weighted by Crippen LogP contribution is -2.52. The highest BCUT2D eigenvalue weighted by Gasteiger charge is 2.26. The van der Waals surface area contributed by atoms with Gasteiger partial charge in [0, 0.05) is 38.3 Å². The SMILES string of the molecule is CC(C)CCN(CC(=O)N1CCN(c2ccc(-c3ccc(F)cc3)nn2)CC1)C(=O)c1ccccc1Cl. The summed E-state index contributed by atoms with van der Waals surface area (Å²) in [7, 11) is 0.